The van der Waals surface area contributed by atoms with Crippen molar-refractivity contribution in [2.45, 2.75) is 0 Å². The van der Waals surface area contributed by atoms with Crippen molar-refractivity contribution < 1.29 is 13.9 Å². The molecule has 0 radical (unpaired) electrons. The van der Waals surface area contributed by atoms with E-state index in [4.69, 9.17) is 4.74 Å². The molecular weight excluding hydrogens is 247 g/mol. The zero-order chi connectivity index (χ0) is 13.2. The summed E-state index contributed by atoms with van der Waals surface area (Å²) in [7, 11) is 0. The molecule has 0 aliphatic rings. The first-order chi connectivity index (χ1) is 9.28. The average Bonchev–Trinajstić information content (AvgIpc) is 2.75. The molecule has 0 spiro atoms. The molecule has 0 saturated carbocycles. The Morgan fingerprint density at radius 3 is 2.89 bits per heavy atom. The van der Waals surface area contributed by atoms with Crippen molar-refractivity contribution >= 4 is 11.9 Å². The fourth-order valence-electron chi connectivity index (χ4n) is 1.82. The van der Waals surface area contributed by atoms with Crippen LogP contribution in [0.25, 0.3) is 5.65 Å². The van der Waals surface area contributed by atoms with Gasteiger partial charge in [0.05, 0.1) is 0 Å². The third-order valence-corrected chi connectivity index (χ3v) is 2.66. The summed E-state index contributed by atoms with van der Waals surface area (Å²) in [5, 5.41) is 0. The number of hydrogen-bond acceptors (Lipinski definition) is 3. The first-order valence-electron chi connectivity index (χ1n) is 5.63. The second-order valence-electron chi connectivity index (χ2n) is 3.91. The normalized spacial score (nSPS) is 10.6. The van der Waals surface area contributed by atoms with E-state index in [1.165, 1.54) is 18.2 Å². The van der Waals surface area contributed by atoms with Crippen molar-refractivity contribution in [1.82, 2.24) is 9.38 Å². The smallest absolute Gasteiger partial charge is 0.249 e. The lowest BCUT2D eigenvalue weighted by Crippen LogP contribution is -1.93. The molecule has 4 nitrogen and oxygen atoms in total. The van der Waals surface area contributed by atoms with Crippen molar-refractivity contribution in [2.75, 3.05) is 0 Å². The van der Waals surface area contributed by atoms with E-state index in [1.54, 1.807) is 28.8 Å². The number of aldehydes is 1. The van der Waals surface area contributed by atoms with Crippen molar-refractivity contribution in [3.05, 3.63) is 60.2 Å². The van der Waals surface area contributed by atoms with E-state index < -0.39 is 5.82 Å². The molecular formula is C14H9FN2O2. The fourth-order valence-corrected chi connectivity index (χ4v) is 1.82. The summed E-state index contributed by atoms with van der Waals surface area (Å²) >= 11 is 0. The number of hydrogen-bond donors (Lipinski definition) is 0. The van der Waals surface area contributed by atoms with Gasteiger partial charge in [0.15, 0.2) is 12.0 Å². The predicted octanol–water partition coefficient (Wildman–Crippen LogP) is 3.08. The number of carbonyl (C=O) groups is 1. The summed E-state index contributed by atoms with van der Waals surface area (Å²) in [5.41, 5.74) is 0.885. The number of fused-ring (bicyclic) bond motifs is 1. The first-order valence-corrected chi connectivity index (χ1v) is 5.63. The number of nitrogens with zero attached hydrogens (tertiary/aromatic N) is 2. The van der Waals surface area contributed by atoms with Gasteiger partial charge < -0.3 is 4.74 Å². The fraction of sp³-hybridized carbons (Fsp3) is 0. The Kier molecular flexibility index (Phi) is 2.72. The van der Waals surface area contributed by atoms with E-state index >= 15 is 0 Å². The van der Waals surface area contributed by atoms with Gasteiger partial charge in [0.1, 0.15) is 17.2 Å². The van der Waals surface area contributed by atoms with Crippen LogP contribution in [0.3, 0.4) is 0 Å². The number of imidazole rings is 1. The van der Waals surface area contributed by atoms with Crippen LogP contribution < -0.4 is 4.74 Å². The quantitative estimate of drug-likeness (QED) is 0.676. The lowest BCUT2D eigenvalue weighted by atomic mass is 10.3. The third-order valence-electron chi connectivity index (χ3n) is 2.66. The first kappa shape index (κ1) is 11.4. The monoisotopic (exact) mass is 256 g/mol. The summed E-state index contributed by atoms with van der Waals surface area (Å²) in [6.07, 6.45) is 2.37. The van der Waals surface area contributed by atoms with Crippen LogP contribution in [0.1, 0.15) is 10.5 Å². The molecule has 2 heterocycles. The second kappa shape index (κ2) is 4.53. The topological polar surface area (TPSA) is 43.6 Å². The Labute approximate surface area is 108 Å². The number of rotatable bonds is 3. The standard InChI is InChI=1S/C14H9FN2O2/c15-10-4-3-5-11(8-10)19-14-12(9-18)17-7-2-1-6-13(17)16-14/h1-9H. The van der Waals surface area contributed by atoms with Crippen molar-refractivity contribution in [3.8, 4) is 11.6 Å². The van der Waals surface area contributed by atoms with Crippen molar-refractivity contribution in [1.29, 1.82) is 0 Å². The number of carbonyl (C=O) groups excluding carboxylic acids is 1. The Hall–Kier alpha value is -2.69. The van der Waals surface area contributed by atoms with Gasteiger partial charge in [-0.3, -0.25) is 9.20 Å². The highest BCUT2D eigenvalue weighted by atomic mass is 19.1. The van der Waals surface area contributed by atoms with E-state index in [0.717, 1.165) is 0 Å². The highest BCUT2D eigenvalue weighted by Crippen LogP contribution is 2.25. The number of halogens is 1. The summed E-state index contributed by atoms with van der Waals surface area (Å²) in [6.45, 7) is 0. The summed E-state index contributed by atoms with van der Waals surface area (Å²) in [5.74, 6) is 0.0484. The van der Waals surface area contributed by atoms with Crippen LogP contribution >= 0.6 is 0 Å². The van der Waals surface area contributed by atoms with Crippen LogP contribution in [-0.4, -0.2) is 15.7 Å². The van der Waals surface area contributed by atoms with Gasteiger partial charge in [0.2, 0.25) is 5.88 Å². The van der Waals surface area contributed by atoms with Crippen LogP contribution in [-0.2, 0) is 0 Å². The number of ether oxygens (including phenoxy) is 1. The van der Waals surface area contributed by atoms with Gasteiger partial charge in [-0.2, -0.15) is 4.98 Å². The summed E-state index contributed by atoms with van der Waals surface area (Å²) < 4.78 is 20.2. The van der Waals surface area contributed by atoms with Gasteiger partial charge in [-0.15, -0.1) is 0 Å². The molecule has 19 heavy (non-hydrogen) atoms. The molecule has 2 aromatic heterocycles. The molecule has 3 aromatic rings. The zero-order valence-corrected chi connectivity index (χ0v) is 9.79. The highest BCUT2D eigenvalue weighted by molar-refractivity contribution is 5.78. The lowest BCUT2D eigenvalue weighted by Gasteiger charge is -2.02. The molecule has 0 unspecified atom stereocenters. The Bertz CT molecular complexity index is 752. The van der Waals surface area contributed by atoms with E-state index in [9.17, 15) is 9.18 Å². The molecule has 0 bridgehead atoms. The zero-order valence-electron chi connectivity index (χ0n) is 9.79. The minimum atomic E-state index is -0.408. The van der Waals surface area contributed by atoms with E-state index in [0.29, 0.717) is 23.4 Å². The van der Waals surface area contributed by atoms with E-state index in [2.05, 4.69) is 4.98 Å². The molecule has 5 heteroatoms. The Balaban J connectivity index is 2.07. The van der Waals surface area contributed by atoms with Crippen molar-refractivity contribution in [3.63, 3.8) is 0 Å². The number of benzene rings is 1. The highest BCUT2D eigenvalue weighted by Gasteiger charge is 2.13. The molecule has 0 aliphatic heterocycles. The Morgan fingerprint density at radius 1 is 1.21 bits per heavy atom. The molecule has 0 atom stereocenters. The van der Waals surface area contributed by atoms with Gasteiger partial charge in [-0.25, -0.2) is 4.39 Å². The van der Waals surface area contributed by atoms with Crippen LogP contribution in [0.15, 0.2) is 48.7 Å². The van der Waals surface area contributed by atoms with Gasteiger partial charge in [-0.1, -0.05) is 12.1 Å². The van der Waals surface area contributed by atoms with Crippen LogP contribution in [0.2, 0.25) is 0 Å². The van der Waals surface area contributed by atoms with Gasteiger partial charge in [0.25, 0.3) is 0 Å². The minimum Gasteiger partial charge on any atom is -0.437 e. The lowest BCUT2D eigenvalue weighted by molar-refractivity contribution is 0.111. The van der Waals surface area contributed by atoms with Gasteiger partial charge in [-0.05, 0) is 24.3 Å². The van der Waals surface area contributed by atoms with Crippen LogP contribution in [0.5, 0.6) is 11.6 Å². The predicted molar refractivity (Wildman–Crippen MR) is 67.1 cm³/mol. The summed E-state index contributed by atoms with van der Waals surface area (Å²) in [6, 6.07) is 11.0. The molecule has 0 saturated heterocycles. The Morgan fingerprint density at radius 2 is 2.11 bits per heavy atom. The second-order valence-corrected chi connectivity index (χ2v) is 3.91. The van der Waals surface area contributed by atoms with Crippen molar-refractivity contribution in [2.24, 2.45) is 0 Å². The minimum absolute atomic E-state index is 0.159. The SMILES string of the molecule is O=Cc1c(Oc2cccc(F)c2)nc2ccccn12. The molecule has 3 rings (SSSR count). The van der Waals surface area contributed by atoms with Gasteiger partial charge >= 0.3 is 0 Å². The number of aromatic nitrogens is 2. The largest absolute Gasteiger partial charge is 0.437 e. The molecule has 1 aromatic carbocycles. The van der Waals surface area contributed by atoms with E-state index in [-0.39, 0.29) is 5.88 Å². The third kappa shape index (κ3) is 2.06. The molecule has 0 fully saturated rings. The maximum atomic E-state index is 13.1. The molecule has 94 valence electrons. The van der Waals surface area contributed by atoms with Crippen LogP contribution in [0.4, 0.5) is 4.39 Å². The molecule has 0 amide bonds. The number of pyridine rings is 1. The van der Waals surface area contributed by atoms with E-state index in [1.807, 2.05) is 6.07 Å². The maximum Gasteiger partial charge on any atom is 0.249 e. The van der Waals surface area contributed by atoms with Gasteiger partial charge in [0, 0.05) is 12.3 Å². The molecule has 0 aliphatic carbocycles. The van der Waals surface area contributed by atoms with Crippen LogP contribution in [0, 0.1) is 5.82 Å². The maximum absolute atomic E-state index is 13.1. The summed E-state index contributed by atoms with van der Waals surface area (Å²) in [4.78, 5) is 15.3. The average molecular weight is 256 g/mol. The molecule has 0 N–H and O–H groups in total.